The largest absolute Gasteiger partial charge is 0.268 e. The van der Waals surface area contributed by atoms with Gasteiger partial charge in [0, 0.05) is 23.6 Å². The lowest BCUT2D eigenvalue weighted by Crippen LogP contribution is -2.02. The Hall–Kier alpha value is -0.900. The fraction of sp³-hybridized carbons (Fsp3) is 0.444. The molecule has 0 saturated carbocycles. The van der Waals surface area contributed by atoms with Crippen molar-refractivity contribution in [3.8, 4) is 0 Å². The van der Waals surface area contributed by atoms with Gasteiger partial charge in [-0.15, -0.1) is 0 Å². The standard InChI is InChI=1S/C9H14N2OS/c1-4-8-5-9(11-7-10-8)6-13(2,3)12/h5-7H,4H2,1-3H3. The van der Waals surface area contributed by atoms with Gasteiger partial charge in [0.25, 0.3) is 0 Å². The lowest BCUT2D eigenvalue weighted by Gasteiger charge is -1.98. The van der Waals surface area contributed by atoms with Crippen LogP contribution < -0.4 is 0 Å². The predicted molar refractivity (Wildman–Crippen MR) is 56.6 cm³/mol. The smallest absolute Gasteiger partial charge is 0.116 e. The van der Waals surface area contributed by atoms with Gasteiger partial charge in [0.05, 0.1) is 5.69 Å². The molecule has 0 aromatic carbocycles. The summed E-state index contributed by atoms with van der Waals surface area (Å²) in [6.45, 7) is 2.03. The second-order valence-electron chi connectivity index (χ2n) is 3.21. The highest BCUT2D eigenvalue weighted by Crippen LogP contribution is 1.97. The van der Waals surface area contributed by atoms with Crippen LogP contribution in [0.3, 0.4) is 0 Å². The van der Waals surface area contributed by atoms with E-state index in [1.165, 1.54) is 6.33 Å². The zero-order valence-corrected chi connectivity index (χ0v) is 8.97. The highest BCUT2D eigenvalue weighted by molar-refractivity contribution is 8.00. The van der Waals surface area contributed by atoms with E-state index in [0.717, 1.165) is 17.8 Å². The molecule has 0 bridgehead atoms. The van der Waals surface area contributed by atoms with Gasteiger partial charge in [-0.3, -0.25) is 4.21 Å². The maximum Gasteiger partial charge on any atom is 0.116 e. The van der Waals surface area contributed by atoms with Crippen LogP contribution in [-0.4, -0.2) is 32.1 Å². The maximum absolute atomic E-state index is 11.4. The van der Waals surface area contributed by atoms with Gasteiger partial charge in [0.2, 0.25) is 0 Å². The fourth-order valence-corrected chi connectivity index (χ4v) is 1.67. The van der Waals surface area contributed by atoms with Gasteiger partial charge in [-0.25, -0.2) is 9.97 Å². The molecule has 0 aliphatic heterocycles. The number of aromatic nitrogens is 2. The quantitative estimate of drug-likeness (QED) is 0.658. The van der Waals surface area contributed by atoms with Crippen molar-refractivity contribution in [2.75, 3.05) is 12.5 Å². The summed E-state index contributed by atoms with van der Waals surface area (Å²) < 4.78 is 11.4. The Kier molecular flexibility index (Phi) is 3.03. The van der Waals surface area contributed by atoms with Crippen LogP contribution in [0.15, 0.2) is 12.4 Å². The van der Waals surface area contributed by atoms with Crippen molar-refractivity contribution >= 4 is 14.9 Å². The van der Waals surface area contributed by atoms with Gasteiger partial charge in [-0.1, -0.05) is 6.92 Å². The molecule has 0 saturated heterocycles. The molecule has 0 amide bonds. The van der Waals surface area contributed by atoms with Gasteiger partial charge in [-0.2, -0.15) is 0 Å². The Balaban J connectivity index is 3.11. The van der Waals surface area contributed by atoms with Crippen LogP contribution in [0.4, 0.5) is 0 Å². The number of nitrogens with zero attached hydrogens (tertiary/aromatic N) is 2. The minimum Gasteiger partial charge on any atom is -0.268 e. The first-order valence-corrected chi connectivity index (χ1v) is 6.55. The zero-order valence-electron chi connectivity index (χ0n) is 8.15. The molecule has 0 N–H and O–H groups in total. The van der Waals surface area contributed by atoms with Gasteiger partial charge in [0.1, 0.15) is 6.33 Å². The fourth-order valence-electron chi connectivity index (χ4n) is 0.964. The summed E-state index contributed by atoms with van der Waals surface area (Å²) in [4.78, 5) is 8.09. The third kappa shape index (κ3) is 3.55. The van der Waals surface area contributed by atoms with Crippen molar-refractivity contribution in [3.05, 3.63) is 23.8 Å². The van der Waals surface area contributed by atoms with Gasteiger partial charge in [-0.05, 0) is 22.0 Å². The highest BCUT2D eigenvalue weighted by Gasteiger charge is 1.96. The molecule has 72 valence electrons. The number of hydrogen-bond donors (Lipinski definition) is 0. The third-order valence-electron chi connectivity index (χ3n) is 1.51. The molecule has 0 fully saturated rings. The summed E-state index contributed by atoms with van der Waals surface area (Å²) in [5.74, 6) is 0. The third-order valence-corrected chi connectivity index (χ3v) is 2.32. The molecule has 1 rings (SSSR count). The Bertz CT molecular complexity index is 398. The summed E-state index contributed by atoms with van der Waals surface area (Å²) in [5, 5.41) is 1.69. The van der Waals surface area contributed by atoms with E-state index in [1.54, 1.807) is 17.9 Å². The Morgan fingerprint density at radius 3 is 2.69 bits per heavy atom. The molecule has 0 unspecified atom stereocenters. The van der Waals surface area contributed by atoms with Crippen LogP contribution in [0, 0.1) is 0 Å². The molecule has 1 aromatic heterocycles. The average molecular weight is 198 g/mol. The molecular weight excluding hydrogens is 184 g/mol. The van der Waals surface area contributed by atoms with Crippen molar-refractivity contribution in [3.63, 3.8) is 0 Å². The Morgan fingerprint density at radius 1 is 1.46 bits per heavy atom. The van der Waals surface area contributed by atoms with Gasteiger partial charge >= 0.3 is 0 Å². The normalized spacial score (nSPS) is 11.3. The van der Waals surface area contributed by atoms with E-state index < -0.39 is 9.52 Å². The van der Waals surface area contributed by atoms with Crippen LogP contribution in [0.2, 0.25) is 0 Å². The van der Waals surface area contributed by atoms with Crippen LogP contribution in [0.25, 0.3) is 0 Å². The Morgan fingerprint density at radius 2 is 2.15 bits per heavy atom. The molecule has 13 heavy (non-hydrogen) atoms. The van der Waals surface area contributed by atoms with Crippen molar-refractivity contribution in [2.45, 2.75) is 13.3 Å². The molecule has 0 aliphatic rings. The van der Waals surface area contributed by atoms with Crippen molar-refractivity contribution in [2.24, 2.45) is 0 Å². The monoisotopic (exact) mass is 198 g/mol. The summed E-state index contributed by atoms with van der Waals surface area (Å²) in [6, 6.07) is 1.87. The maximum atomic E-state index is 11.4. The van der Waals surface area contributed by atoms with Crippen LogP contribution >= 0.6 is 0 Å². The molecule has 0 atom stereocenters. The molecule has 3 nitrogen and oxygen atoms in total. The van der Waals surface area contributed by atoms with E-state index in [1.807, 2.05) is 13.0 Å². The minimum absolute atomic E-state index is 0.752. The number of aryl methyl sites for hydroxylation is 1. The Labute approximate surface area is 79.2 Å². The van der Waals surface area contributed by atoms with Crippen LogP contribution in [-0.2, 0) is 15.9 Å². The molecular formula is C9H14N2OS. The van der Waals surface area contributed by atoms with E-state index in [-0.39, 0.29) is 0 Å². The summed E-state index contributed by atoms with van der Waals surface area (Å²) in [6.07, 6.45) is 5.77. The molecule has 1 heterocycles. The topological polar surface area (TPSA) is 42.9 Å². The van der Waals surface area contributed by atoms with E-state index >= 15 is 0 Å². The average Bonchev–Trinajstić information content (AvgIpc) is 2.01. The first kappa shape index (κ1) is 10.2. The molecule has 4 heteroatoms. The van der Waals surface area contributed by atoms with E-state index in [4.69, 9.17) is 0 Å². The lowest BCUT2D eigenvalue weighted by molar-refractivity contribution is 0.688. The second kappa shape index (κ2) is 3.87. The van der Waals surface area contributed by atoms with Crippen molar-refractivity contribution in [1.82, 2.24) is 9.97 Å². The summed E-state index contributed by atoms with van der Waals surface area (Å²) in [5.41, 5.74) is 1.73. The zero-order chi connectivity index (χ0) is 9.90. The predicted octanol–water partition coefficient (Wildman–Crippen LogP) is 0.733. The SMILES string of the molecule is CCc1cc(C=S(C)(C)=O)ncn1. The van der Waals surface area contributed by atoms with Gasteiger partial charge < -0.3 is 0 Å². The minimum atomic E-state index is -1.87. The molecule has 1 aromatic rings. The van der Waals surface area contributed by atoms with E-state index in [2.05, 4.69) is 9.97 Å². The second-order valence-corrected chi connectivity index (χ2v) is 6.07. The number of rotatable bonds is 2. The van der Waals surface area contributed by atoms with Crippen molar-refractivity contribution in [1.29, 1.82) is 0 Å². The molecule has 0 spiro atoms. The van der Waals surface area contributed by atoms with Crippen LogP contribution in [0.5, 0.6) is 0 Å². The summed E-state index contributed by atoms with van der Waals surface area (Å²) >= 11 is 0. The first-order valence-electron chi connectivity index (χ1n) is 4.11. The molecule has 0 aliphatic carbocycles. The van der Waals surface area contributed by atoms with Crippen molar-refractivity contribution < 1.29 is 4.21 Å². The number of hydrogen-bond acceptors (Lipinski definition) is 3. The molecule has 0 radical (unpaired) electrons. The highest BCUT2D eigenvalue weighted by atomic mass is 32.2. The van der Waals surface area contributed by atoms with E-state index in [0.29, 0.717) is 0 Å². The van der Waals surface area contributed by atoms with Crippen LogP contribution in [0.1, 0.15) is 18.3 Å². The van der Waals surface area contributed by atoms with Gasteiger partial charge in [0.15, 0.2) is 0 Å². The first-order chi connectivity index (χ1) is 6.01. The van der Waals surface area contributed by atoms with E-state index in [9.17, 15) is 4.21 Å². The lowest BCUT2D eigenvalue weighted by atomic mass is 10.3. The summed E-state index contributed by atoms with van der Waals surface area (Å²) in [7, 11) is -1.87.